The minimum Gasteiger partial charge on any atom is -0.481 e. The predicted molar refractivity (Wildman–Crippen MR) is 90.8 cm³/mol. The summed E-state index contributed by atoms with van der Waals surface area (Å²) in [7, 11) is 0. The molecule has 22 heavy (non-hydrogen) atoms. The Morgan fingerprint density at radius 2 is 1.77 bits per heavy atom. The molecule has 0 aliphatic heterocycles. The molecule has 4 heteroatoms. The van der Waals surface area contributed by atoms with Crippen LogP contribution in [0.5, 0.6) is 5.75 Å². The third-order valence-corrected chi connectivity index (χ3v) is 3.80. The number of anilines is 1. The highest BCUT2D eigenvalue weighted by molar-refractivity contribution is 6.30. The van der Waals surface area contributed by atoms with E-state index < -0.39 is 6.10 Å². The molecule has 0 aliphatic rings. The monoisotopic (exact) mass is 317 g/mol. The van der Waals surface area contributed by atoms with Gasteiger partial charge >= 0.3 is 0 Å². The molecule has 116 valence electrons. The Balaban J connectivity index is 2.07. The number of rotatable bonds is 4. The van der Waals surface area contributed by atoms with Crippen LogP contribution in [-0.4, -0.2) is 12.0 Å². The second-order valence-corrected chi connectivity index (χ2v) is 5.90. The Bertz CT molecular complexity index is 680. The normalized spacial score (nSPS) is 11.9. The van der Waals surface area contributed by atoms with Gasteiger partial charge in [0.2, 0.25) is 0 Å². The number of aryl methyl sites for hydroxylation is 2. The van der Waals surface area contributed by atoms with Crippen LogP contribution in [0.4, 0.5) is 5.69 Å². The quantitative estimate of drug-likeness (QED) is 0.889. The van der Waals surface area contributed by atoms with Gasteiger partial charge in [0.1, 0.15) is 5.75 Å². The molecule has 0 aliphatic carbocycles. The summed E-state index contributed by atoms with van der Waals surface area (Å²) in [4.78, 5) is 12.2. The number of nitrogens with one attached hydrogen (secondary N) is 1. The summed E-state index contributed by atoms with van der Waals surface area (Å²) in [6.45, 7) is 7.78. The number of benzene rings is 2. The Morgan fingerprint density at radius 3 is 2.41 bits per heavy atom. The van der Waals surface area contributed by atoms with Gasteiger partial charge in [0.15, 0.2) is 6.10 Å². The van der Waals surface area contributed by atoms with Crippen LogP contribution in [0.3, 0.4) is 0 Å². The Kier molecular flexibility index (Phi) is 5.09. The van der Waals surface area contributed by atoms with Gasteiger partial charge < -0.3 is 10.1 Å². The van der Waals surface area contributed by atoms with Crippen LogP contribution < -0.4 is 10.1 Å². The Morgan fingerprint density at radius 1 is 1.14 bits per heavy atom. The van der Waals surface area contributed by atoms with E-state index in [1.807, 2.05) is 26.8 Å². The number of amides is 1. The topological polar surface area (TPSA) is 38.3 Å². The molecule has 0 radical (unpaired) electrons. The Hall–Kier alpha value is -2.00. The first-order valence-electron chi connectivity index (χ1n) is 7.18. The zero-order chi connectivity index (χ0) is 16.3. The first-order valence-corrected chi connectivity index (χ1v) is 7.55. The lowest BCUT2D eigenvalue weighted by molar-refractivity contribution is -0.122. The number of ether oxygens (including phenoxy) is 1. The van der Waals surface area contributed by atoms with Crippen LogP contribution >= 0.6 is 11.6 Å². The summed E-state index contributed by atoms with van der Waals surface area (Å²) in [5.74, 6) is 0.553. The van der Waals surface area contributed by atoms with Crippen LogP contribution in [-0.2, 0) is 4.79 Å². The van der Waals surface area contributed by atoms with Crippen LogP contribution in [0, 0.1) is 20.8 Å². The number of hydrogen-bond donors (Lipinski definition) is 1. The smallest absolute Gasteiger partial charge is 0.265 e. The summed E-state index contributed by atoms with van der Waals surface area (Å²) >= 11 is 5.83. The van der Waals surface area contributed by atoms with Gasteiger partial charge in [0.25, 0.3) is 5.91 Å². The molecule has 0 heterocycles. The molecule has 0 bridgehead atoms. The van der Waals surface area contributed by atoms with E-state index in [9.17, 15) is 4.79 Å². The number of halogens is 1. The summed E-state index contributed by atoms with van der Waals surface area (Å²) in [6, 6.07) is 11.0. The minimum absolute atomic E-state index is 0.194. The molecule has 1 unspecified atom stereocenters. The molecule has 1 N–H and O–H groups in total. The van der Waals surface area contributed by atoms with E-state index in [1.165, 1.54) is 0 Å². The fourth-order valence-corrected chi connectivity index (χ4v) is 2.27. The van der Waals surface area contributed by atoms with Crippen molar-refractivity contribution in [1.29, 1.82) is 0 Å². The van der Waals surface area contributed by atoms with Gasteiger partial charge in [0, 0.05) is 10.7 Å². The van der Waals surface area contributed by atoms with Gasteiger partial charge in [0.05, 0.1) is 0 Å². The van der Waals surface area contributed by atoms with E-state index in [-0.39, 0.29) is 5.91 Å². The molecule has 0 saturated carbocycles. The Labute approximate surface area is 136 Å². The van der Waals surface area contributed by atoms with Crippen molar-refractivity contribution in [3.8, 4) is 5.75 Å². The highest BCUT2D eigenvalue weighted by Crippen LogP contribution is 2.24. The van der Waals surface area contributed by atoms with Gasteiger partial charge in [-0.1, -0.05) is 17.7 Å². The van der Waals surface area contributed by atoms with E-state index in [4.69, 9.17) is 16.3 Å². The van der Waals surface area contributed by atoms with Crippen molar-refractivity contribution in [2.45, 2.75) is 33.8 Å². The molecule has 0 spiro atoms. The average molecular weight is 318 g/mol. The largest absolute Gasteiger partial charge is 0.481 e. The van der Waals surface area contributed by atoms with Crippen LogP contribution in [0.15, 0.2) is 36.4 Å². The van der Waals surface area contributed by atoms with Gasteiger partial charge in [-0.25, -0.2) is 0 Å². The maximum atomic E-state index is 12.2. The fraction of sp³-hybridized carbons (Fsp3) is 0.278. The lowest BCUT2D eigenvalue weighted by atomic mass is 10.1. The third kappa shape index (κ3) is 4.01. The van der Waals surface area contributed by atoms with E-state index >= 15 is 0 Å². The molecule has 2 aromatic carbocycles. The molecule has 3 nitrogen and oxygen atoms in total. The molecular formula is C18H20ClNO2. The van der Waals surface area contributed by atoms with Crippen molar-refractivity contribution in [3.63, 3.8) is 0 Å². The van der Waals surface area contributed by atoms with E-state index in [0.29, 0.717) is 10.7 Å². The third-order valence-electron chi connectivity index (χ3n) is 3.55. The zero-order valence-electron chi connectivity index (χ0n) is 13.2. The van der Waals surface area contributed by atoms with Crippen molar-refractivity contribution in [2.24, 2.45) is 0 Å². The summed E-state index contributed by atoms with van der Waals surface area (Å²) in [5, 5.41) is 3.45. The molecule has 0 aromatic heterocycles. The number of hydrogen-bond acceptors (Lipinski definition) is 2. The second-order valence-electron chi connectivity index (χ2n) is 5.46. The first kappa shape index (κ1) is 16.4. The second kappa shape index (κ2) is 6.84. The molecule has 2 rings (SSSR count). The maximum absolute atomic E-state index is 12.2. The minimum atomic E-state index is -0.587. The van der Waals surface area contributed by atoms with Crippen LogP contribution in [0.2, 0.25) is 5.02 Å². The van der Waals surface area contributed by atoms with E-state index in [0.717, 1.165) is 22.4 Å². The van der Waals surface area contributed by atoms with Crippen molar-refractivity contribution >= 4 is 23.2 Å². The highest BCUT2D eigenvalue weighted by atomic mass is 35.5. The summed E-state index contributed by atoms with van der Waals surface area (Å²) < 4.78 is 5.83. The van der Waals surface area contributed by atoms with Gasteiger partial charge in [-0.15, -0.1) is 0 Å². The molecule has 0 saturated heterocycles. The first-order chi connectivity index (χ1) is 10.4. The van der Waals surface area contributed by atoms with Gasteiger partial charge in [-0.2, -0.15) is 0 Å². The number of carbonyl (C=O) groups is 1. The lowest BCUT2D eigenvalue weighted by Gasteiger charge is -2.18. The number of carbonyl (C=O) groups excluding carboxylic acids is 1. The van der Waals surface area contributed by atoms with Gasteiger partial charge in [-0.05, 0) is 74.7 Å². The van der Waals surface area contributed by atoms with Crippen LogP contribution in [0.25, 0.3) is 0 Å². The fourth-order valence-electron chi connectivity index (χ4n) is 2.14. The van der Waals surface area contributed by atoms with Crippen molar-refractivity contribution < 1.29 is 9.53 Å². The highest BCUT2D eigenvalue weighted by Gasteiger charge is 2.16. The summed E-state index contributed by atoms with van der Waals surface area (Å²) in [6.07, 6.45) is -0.587. The molecule has 0 fully saturated rings. The molecule has 1 atom stereocenters. The van der Waals surface area contributed by atoms with Crippen molar-refractivity contribution in [1.82, 2.24) is 0 Å². The maximum Gasteiger partial charge on any atom is 0.265 e. The SMILES string of the molecule is Cc1cc(C)c(C)c(OC(C)C(=O)Nc2ccc(Cl)cc2)c1. The average Bonchev–Trinajstić information content (AvgIpc) is 2.46. The zero-order valence-corrected chi connectivity index (χ0v) is 14.0. The molecule has 2 aromatic rings. The van der Waals surface area contributed by atoms with Gasteiger partial charge in [-0.3, -0.25) is 4.79 Å². The van der Waals surface area contributed by atoms with Crippen LogP contribution in [0.1, 0.15) is 23.6 Å². The van der Waals surface area contributed by atoms with Crippen molar-refractivity contribution in [3.05, 3.63) is 58.1 Å². The predicted octanol–water partition coefficient (Wildman–Crippen LogP) is 4.67. The standard InChI is InChI=1S/C18H20ClNO2/c1-11-9-12(2)13(3)17(10-11)22-14(4)18(21)20-16-7-5-15(19)6-8-16/h5-10,14H,1-4H3,(H,20,21). The van der Waals surface area contributed by atoms with Crippen molar-refractivity contribution in [2.75, 3.05) is 5.32 Å². The summed E-state index contributed by atoms with van der Waals surface area (Å²) in [5.41, 5.74) is 4.02. The molecular weight excluding hydrogens is 298 g/mol. The van der Waals surface area contributed by atoms with E-state index in [2.05, 4.69) is 11.4 Å². The lowest BCUT2D eigenvalue weighted by Crippen LogP contribution is -2.30. The van der Waals surface area contributed by atoms with E-state index in [1.54, 1.807) is 31.2 Å². The molecule has 1 amide bonds.